The second-order valence-electron chi connectivity index (χ2n) is 5.62. The summed E-state index contributed by atoms with van der Waals surface area (Å²) in [5, 5.41) is 0. The van der Waals surface area contributed by atoms with Gasteiger partial charge in [0.25, 0.3) is 0 Å². The van der Waals surface area contributed by atoms with E-state index in [1.807, 2.05) is 0 Å². The molecule has 0 nitrogen and oxygen atoms in total. The van der Waals surface area contributed by atoms with Gasteiger partial charge in [-0.25, -0.2) is 36.1 Å². The molecule has 0 aromatic carbocycles. The van der Waals surface area contributed by atoms with Crippen molar-refractivity contribution in [2.24, 2.45) is 11.8 Å². The Kier molecular flexibility index (Phi) is 15.6. The van der Waals surface area contributed by atoms with Gasteiger partial charge in [-0.15, -0.1) is 37.1 Å². The van der Waals surface area contributed by atoms with Crippen molar-refractivity contribution in [3.05, 3.63) is 73.6 Å². The van der Waals surface area contributed by atoms with Gasteiger partial charge in [-0.2, -0.15) is 0 Å². The number of rotatable bonds is 0. The van der Waals surface area contributed by atoms with Gasteiger partial charge in [0.05, 0.1) is 0 Å². The largest absolute Gasteiger partial charge is 2.00 e. The molecular formula is C20H25Cl2Zr-3. The van der Waals surface area contributed by atoms with Crippen molar-refractivity contribution >= 4 is 0 Å². The Labute approximate surface area is 174 Å². The van der Waals surface area contributed by atoms with Crippen LogP contribution in [-0.4, -0.2) is 0 Å². The molecule has 2 atom stereocenters. The first-order valence-electron chi connectivity index (χ1n) is 7.74. The molecule has 0 heterocycles. The standard InChI is InChI=1S/2C9H11.C2H3.2ClH.Zr/c2*1-2-5-9-7-3-6-8(9)4-1;1-2;;;/h2*1-2,4,6,9H,3,5,7H2;1H,2H2;2*1H;/q3*-1;;;+2/p-2. The minimum Gasteiger partial charge on any atom is -1.00 e. The molecule has 0 aromatic heterocycles. The average Bonchev–Trinajstić information content (AvgIpc) is 3.18. The Morgan fingerprint density at radius 3 is 1.57 bits per heavy atom. The maximum Gasteiger partial charge on any atom is 2.00 e. The van der Waals surface area contributed by atoms with Crippen molar-refractivity contribution in [3.8, 4) is 0 Å². The predicted molar refractivity (Wildman–Crippen MR) is 87.7 cm³/mol. The maximum absolute atomic E-state index is 4.25. The summed E-state index contributed by atoms with van der Waals surface area (Å²) in [5.74, 6) is 1.77. The molecule has 4 rings (SSSR count). The summed E-state index contributed by atoms with van der Waals surface area (Å²) >= 11 is 0. The molecule has 0 aromatic rings. The molecule has 2 unspecified atom stereocenters. The van der Waals surface area contributed by atoms with E-state index < -0.39 is 0 Å². The summed E-state index contributed by atoms with van der Waals surface area (Å²) < 4.78 is 0. The van der Waals surface area contributed by atoms with Gasteiger partial charge in [-0.05, 0) is 24.7 Å². The van der Waals surface area contributed by atoms with E-state index in [9.17, 15) is 0 Å². The van der Waals surface area contributed by atoms with Crippen LogP contribution in [0.15, 0.2) is 54.2 Å². The molecule has 0 radical (unpaired) electrons. The number of hydrogen-bond donors (Lipinski definition) is 0. The Morgan fingerprint density at radius 2 is 1.22 bits per heavy atom. The van der Waals surface area contributed by atoms with Gasteiger partial charge < -0.3 is 31.4 Å². The fraction of sp³-hybridized carbons (Fsp3) is 0.400. The second-order valence-corrected chi connectivity index (χ2v) is 5.62. The van der Waals surface area contributed by atoms with Crippen LogP contribution >= 0.6 is 0 Å². The SMILES string of the molecule is C1=CCC2CC[CH-]C2=C1.C1=CCC2CC[CH-]C2=C1.[CH-]=C.[Cl-].[Cl-].[Zr+2]. The molecule has 0 saturated heterocycles. The Morgan fingerprint density at radius 1 is 0.826 bits per heavy atom. The van der Waals surface area contributed by atoms with Crippen LogP contribution < -0.4 is 24.8 Å². The third-order valence-electron chi connectivity index (χ3n) is 4.42. The van der Waals surface area contributed by atoms with Crippen molar-refractivity contribution in [3.63, 3.8) is 0 Å². The van der Waals surface area contributed by atoms with Crippen LogP contribution in [0.5, 0.6) is 0 Å². The smallest absolute Gasteiger partial charge is 1.00 e. The van der Waals surface area contributed by atoms with Gasteiger partial charge in [0, 0.05) is 0 Å². The Hall–Kier alpha value is -0.0969. The van der Waals surface area contributed by atoms with Gasteiger partial charge in [0.1, 0.15) is 0 Å². The van der Waals surface area contributed by atoms with E-state index in [1.54, 1.807) is 11.1 Å². The molecule has 3 heteroatoms. The molecular weight excluding hydrogens is 402 g/mol. The van der Waals surface area contributed by atoms with Crippen LogP contribution in [0.4, 0.5) is 0 Å². The van der Waals surface area contributed by atoms with E-state index >= 15 is 0 Å². The number of fused-ring (bicyclic) bond motifs is 2. The van der Waals surface area contributed by atoms with Gasteiger partial charge in [-0.3, -0.25) is 6.58 Å². The topological polar surface area (TPSA) is 0 Å². The first-order chi connectivity index (χ1) is 9.93. The molecule has 0 amide bonds. The van der Waals surface area contributed by atoms with Crippen LogP contribution in [0.25, 0.3) is 0 Å². The van der Waals surface area contributed by atoms with Crippen LogP contribution in [-0.2, 0) is 26.2 Å². The minimum absolute atomic E-state index is 0. The van der Waals surface area contributed by atoms with Gasteiger partial charge in [0.15, 0.2) is 0 Å². The Bertz CT molecular complexity index is 395. The quantitative estimate of drug-likeness (QED) is 0.461. The van der Waals surface area contributed by atoms with Crippen LogP contribution in [0.3, 0.4) is 0 Å². The zero-order chi connectivity index (χ0) is 14.2. The summed E-state index contributed by atoms with van der Waals surface area (Å²) in [6, 6.07) is 0. The van der Waals surface area contributed by atoms with Crippen molar-refractivity contribution in [1.82, 2.24) is 0 Å². The first-order valence-corrected chi connectivity index (χ1v) is 7.74. The van der Waals surface area contributed by atoms with E-state index in [2.05, 4.69) is 62.5 Å². The molecule has 126 valence electrons. The van der Waals surface area contributed by atoms with E-state index in [1.165, 1.54) is 38.5 Å². The predicted octanol–water partition coefficient (Wildman–Crippen LogP) is -0.415. The third-order valence-corrected chi connectivity index (χ3v) is 4.42. The molecule has 4 aliphatic rings. The van der Waals surface area contributed by atoms with Crippen molar-refractivity contribution < 1.29 is 51.0 Å². The molecule has 23 heavy (non-hydrogen) atoms. The number of allylic oxidation sites excluding steroid dienone is 8. The monoisotopic (exact) mass is 425 g/mol. The van der Waals surface area contributed by atoms with E-state index in [-0.39, 0.29) is 51.0 Å². The average molecular weight is 428 g/mol. The third kappa shape index (κ3) is 7.55. The molecule has 0 spiro atoms. The van der Waals surface area contributed by atoms with Gasteiger partial charge in [-0.1, -0.05) is 12.8 Å². The fourth-order valence-corrected chi connectivity index (χ4v) is 3.33. The summed E-state index contributed by atoms with van der Waals surface area (Å²) in [6.07, 6.45) is 26.1. The van der Waals surface area contributed by atoms with Crippen molar-refractivity contribution in [2.75, 3.05) is 0 Å². The zero-order valence-corrected chi connectivity index (χ0v) is 17.5. The number of halogens is 2. The van der Waals surface area contributed by atoms with Crippen LogP contribution in [0.1, 0.15) is 38.5 Å². The van der Waals surface area contributed by atoms with Crippen molar-refractivity contribution in [2.45, 2.75) is 38.5 Å². The molecule has 0 N–H and O–H groups in total. The van der Waals surface area contributed by atoms with E-state index in [0.717, 1.165) is 11.8 Å². The van der Waals surface area contributed by atoms with Gasteiger partial charge >= 0.3 is 26.2 Å². The second kappa shape index (κ2) is 14.3. The van der Waals surface area contributed by atoms with E-state index in [0.29, 0.717) is 0 Å². The molecule has 2 saturated carbocycles. The molecule has 0 aliphatic heterocycles. The van der Waals surface area contributed by atoms with Crippen molar-refractivity contribution in [1.29, 1.82) is 0 Å². The van der Waals surface area contributed by atoms with Crippen LogP contribution in [0, 0.1) is 31.3 Å². The minimum atomic E-state index is 0. The maximum atomic E-state index is 4.25. The van der Waals surface area contributed by atoms with Crippen LogP contribution in [0.2, 0.25) is 0 Å². The summed E-state index contributed by atoms with van der Waals surface area (Å²) in [5.41, 5.74) is 3.16. The number of hydrogen-bond acceptors (Lipinski definition) is 0. The normalized spacial score (nSPS) is 24.5. The summed E-state index contributed by atoms with van der Waals surface area (Å²) in [4.78, 5) is 0. The summed E-state index contributed by atoms with van der Waals surface area (Å²) in [6.45, 7) is 7.00. The molecule has 4 aliphatic carbocycles. The van der Waals surface area contributed by atoms with E-state index in [4.69, 9.17) is 0 Å². The fourth-order valence-electron chi connectivity index (χ4n) is 3.33. The summed E-state index contributed by atoms with van der Waals surface area (Å²) in [7, 11) is 0. The van der Waals surface area contributed by atoms with Gasteiger partial charge in [0.2, 0.25) is 0 Å². The molecule has 2 fully saturated rings. The zero-order valence-electron chi connectivity index (χ0n) is 13.6. The Balaban J connectivity index is 0. The molecule has 0 bridgehead atoms. The first kappa shape index (κ1) is 25.1.